The normalized spacial score (nSPS) is 10.4. The number of hydrogen-bond acceptors (Lipinski definition) is 7. The molecule has 2 heterocycles. The maximum absolute atomic E-state index is 11.6. The molecular weight excluding hydrogens is 256 g/mol. The highest BCUT2D eigenvalue weighted by atomic mass is 16.5. The zero-order valence-electron chi connectivity index (χ0n) is 9.95. The number of Topliss-reactive ketones (excluding diaryl/α,β-unsaturated/α-hetero) is 1. The van der Waals surface area contributed by atoms with Gasteiger partial charge in [-0.05, 0) is 0 Å². The maximum Gasteiger partial charge on any atom is 0.356 e. The van der Waals surface area contributed by atoms with Gasteiger partial charge in [-0.3, -0.25) is 4.79 Å². The molecule has 0 aromatic carbocycles. The van der Waals surface area contributed by atoms with Gasteiger partial charge >= 0.3 is 11.9 Å². The number of ketones is 1. The highest BCUT2D eigenvalue weighted by Gasteiger charge is 2.20. The van der Waals surface area contributed by atoms with E-state index in [1.165, 1.54) is 6.92 Å². The van der Waals surface area contributed by atoms with E-state index in [0.717, 1.165) is 17.7 Å². The molecule has 0 unspecified atom stereocenters. The minimum absolute atomic E-state index is 0.162. The Morgan fingerprint density at radius 3 is 2.53 bits per heavy atom. The van der Waals surface area contributed by atoms with Crippen LogP contribution in [-0.4, -0.2) is 49.5 Å². The summed E-state index contributed by atoms with van der Waals surface area (Å²) in [5.41, 5.74) is -0.569. The Balaban J connectivity index is 2.78. The summed E-state index contributed by atoms with van der Waals surface area (Å²) >= 11 is 0. The van der Waals surface area contributed by atoms with Crippen LogP contribution in [0, 0.1) is 0 Å². The first-order valence-corrected chi connectivity index (χ1v) is 5.04. The molecule has 0 aliphatic heterocycles. The molecule has 2 aromatic rings. The van der Waals surface area contributed by atoms with E-state index in [9.17, 15) is 14.4 Å². The quantitative estimate of drug-likeness (QED) is 0.597. The number of esters is 1. The molecule has 19 heavy (non-hydrogen) atoms. The number of fused-ring (bicyclic) bond motifs is 1. The van der Waals surface area contributed by atoms with Gasteiger partial charge in [-0.25, -0.2) is 14.6 Å². The van der Waals surface area contributed by atoms with Gasteiger partial charge in [-0.2, -0.15) is 9.50 Å². The molecule has 0 aliphatic carbocycles. The zero-order valence-corrected chi connectivity index (χ0v) is 9.95. The smallest absolute Gasteiger partial charge is 0.356 e. The van der Waals surface area contributed by atoms with E-state index in [0.29, 0.717) is 0 Å². The highest BCUT2D eigenvalue weighted by molar-refractivity contribution is 5.94. The van der Waals surface area contributed by atoms with Crippen molar-refractivity contribution < 1.29 is 24.2 Å². The molecule has 2 rings (SSSR count). The number of rotatable bonds is 3. The Kier molecular flexibility index (Phi) is 2.95. The first-order chi connectivity index (χ1) is 8.93. The van der Waals surface area contributed by atoms with Crippen LogP contribution in [0.15, 0.2) is 6.07 Å². The zero-order chi connectivity index (χ0) is 14.2. The standard InChI is InChI=1S/C10H8N4O5/c1-4(15)7-12-10-11-5(8(16)17)3-6(9(18)19-2)14(10)13-7/h3H,1-2H3,(H,16,17). The molecule has 9 heteroatoms. The molecule has 9 nitrogen and oxygen atoms in total. The molecule has 2 aromatic heterocycles. The Bertz CT molecular complexity index is 705. The summed E-state index contributed by atoms with van der Waals surface area (Å²) in [7, 11) is 1.14. The number of carboxylic acid groups (broad SMARTS) is 1. The summed E-state index contributed by atoms with van der Waals surface area (Å²) in [5.74, 6) is -2.90. The number of methoxy groups -OCH3 is 1. The fourth-order valence-electron chi connectivity index (χ4n) is 1.38. The Hall–Kier alpha value is -2.84. The van der Waals surface area contributed by atoms with Crippen LogP contribution in [0.5, 0.6) is 0 Å². The monoisotopic (exact) mass is 264 g/mol. The fourth-order valence-corrected chi connectivity index (χ4v) is 1.38. The molecule has 0 fully saturated rings. The number of ether oxygens (including phenoxy) is 1. The number of hydrogen-bond donors (Lipinski definition) is 1. The van der Waals surface area contributed by atoms with Gasteiger partial charge in [-0.15, -0.1) is 5.10 Å². The van der Waals surface area contributed by atoms with Gasteiger partial charge in [0.2, 0.25) is 5.82 Å². The second kappa shape index (κ2) is 4.44. The molecule has 98 valence electrons. The van der Waals surface area contributed by atoms with Crippen molar-refractivity contribution in [3.63, 3.8) is 0 Å². The molecule has 0 atom stereocenters. The number of carbonyl (C=O) groups excluding carboxylic acids is 2. The average molecular weight is 264 g/mol. The Morgan fingerprint density at radius 1 is 1.32 bits per heavy atom. The Morgan fingerprint density at radius 2 is 2.00 bits per heavy atom. The van der Waals surface area contributed by atoms with Gasteiger partial charge in [0.1, 0.15) is 0 Å². The molecule has 0 radical (unpaired) electrons. The van der Waals surface area contributed by atoms with Crippen molar-refractivity contribution in [2.75, 3.05) is 7.11 Å². The largest absolute Gasteiger partial charge is 0.477 e. The molecule has 0 aliphatic rings. The minimum Gasteiger partial charge on any atom is -0.477 e. The number of aromatic nitrogens is 4. The van der Waals surface area contributed by atoms with Crippen molar-refractivity contribution in [2.45, 2.75) is 6.92 Å². The summed E-state index contributed by atoms with van der Waals surface area (Å²) in [6, 6.07) is 1.000. The van der Waals surface area contributed by atoms with E-state index >= 15 is 0 Å². The van der Waals surface area contributed by atoms with Gasteiger partial charge in [0, 0.05) is 13.0 Å². The van der Waals surface area contributed by atoms with Crippen molar-refractivity contribution in [3.8, 4) is 0 Å². The lowest BCUT2D eigenvalue weighted by Gasteiger charge is -2.02. The van der Waals surface area contributed by atoms with E-state index in [4.69, 9.17) is 5.11 Å². The first kappa shape index (κ1) is 12.6. The Labute approximate surface area is 105 Å². The van der Waals surface area contributed by atoms with Crippen LogP contribution in [0.4, 0.5) is 0 Å². The van der Waals surface area contributed by atoms with Gasteiger partial charge in [-0.1, -0.05) is 0 Å². The number of nitrogens with zero attached hydrogens (tertiary/aromatic N) is 4. The second-order valence-corrected chi connectivity index (χ2v) is 3.53. The van der Waals surface area contributed by atoms with E-state index < -0.39 is 23.4 Å². The van der Waals surface area contributed by atoms with Gasteiger partial charge in [0.25, 0.3) is 5.78 Å². The van der Waals surface area contributed by atoms with Crippen LogP contribution in [0.25, 0.3) is 5.78 Å². The molecule has 0 amide bonds. The lowest BCUT2D eigenvalue weighted by Crippen LogP contribution is -2.13. The SMILES string of the molecule is COC(=O)c1cc(C(=O)O)nc2nc(C(C)=O)nn12. The summed E-state index contributed by atoms with van der Waals surface area (Å²) in [5, 5.41) is 12.7. The summed E-state index contributed by atoms with van der Waals surface area (Å²) in [6.45, 7) is 1.24. The van der Waals surface area contributed by atoms with Crippen LogP contribution in [0.3, 0.4) is 0 Å². The average Bonchev–Trinajstić information content (AvgIpc) is 2.80. The van der Waals surface area contributed by atoms with E-state index in [2.05, 4.69) is 19.8 Å². The molecule has 0 spiro atoms. The molecule has 0 saturated carbocycles. The third-order valence-corrected chi connectivity index (χ3v) is 2.24. The lowest BCUT2D eigenvalue weighted by molar-refractivity contribution is 0.0590. The third kappa shape index (κ3) is 2.12. The van der Waals surface area contributed by atoms with Crippen molar-refractivity contribution in [2.24, 2.45) is 0 Å². The highest BCUT2D eigenvalue weighted by Crippen LogP contribution is 2.09. The van der Waals surface area contributed by atoms with Crippen LogP contribution in [0.1, 0.15) is 38.5 Å². The van der Waals surface area contributed by atoms with Crippen molar-refractivity contribution in [3.05, 3.63) is 23.3 Å². The number of carbonyl (C=O) groups is 3. The van der Waals surface area contributed by atoms with E-state index in [1.54, 1.807) is 0 Å². The molecule has 1 N–H and O–H groups in total. The molecule has 0 bridgehead atoms. The topological polar surface area (TPSA) is 124 Å². The van der Waals surface area contributed by atoms with E-state index in [1.807, 2.05) is 0 Å². The van der Waals surface area contributed by atoms with Gasteiger partial charge in [0.15, 0.2) is 17.2 Å². The minimum atomic E-state index is -1.33. The fraction of sp³-hybridized carbons (Fsp3) is 0.200. The number of carboxylic acids is 1. The van der Waals surface area contributed by atoms with Gasteiger partial charge in [0.05, 0.1) is 7.11 Å². The molecule has 0 saturated heterocycles. The van der Waals surface area contributed by atoms with Crippen LogP contribution >= 0.6 is 0 Å². The summed E-state index contributed by atoms with van der Waals surface area (Å²) in [6.07, 6.45) is 0. The number of aromatic carboxylic acids is 1. The van der Waals surface area contributed by atoms with Crippen LogP contribution < -0.4 is 0 Å². The summed E-state index contributed by atoms with van der Waals surface area (Å²) < 4.78 is 5.48. The lowest BCUT2D eigenvalue weighted by atomic mass is 10.3. The summed E-state index contributed by atoms with van der Waals surface area (Å²) in [4.78, 5) is 41.1. The van der Waals surface area contributed by atoms with Crippen LogP contribution in [-0.2, 0) is 4.74 Å². The first-order valence-electron chi connectivity index (χ1n) is 5.04. The predicted molar refractivity (Wildman–Crippen MR) is 59.1 cm³/mol. The van der Waals surface area contributed by atoms with Crippen molar-refractivity contribution in [1.29, 1.82) is 0 Å². The van der Waals surface area contributed by atoms with Crippen LogP contribution in [0.2, 0.25) is 0 Å². The maximum atomic E-state index is 11.6. The van der Waals surface area contributed by atoms with Crippen molar-refractivity contribution in [1.82, 2.24) is 19.6 Å². The van der Waals surface area contributed by atoms with Crippen molar-refractivity contribution >= 4 is 23.5 Å². The van der Waals surface area contributed by atoms with Gasteiger partial charge < -0.3 is 9.84 Å². The third-order valence-electron chi connectivity index (χ3n) is 2.24. The second-order valence-electron chi connectivity index (χ2n) is 3.53. The van der Waals surface area contributed by atoms with E-state index in [-0.39, 0.29) is 17.3 Å². The molecular formula is C10H8N4O5. The predicted octanol–water partition coefficient (Wildman–Crippen LogP) is -0.188.